The Labute approximate surface area is 101 Å². The molecule has 1 aliphatic rings. The Kier molecular flexibility index (Phi) is 2.48. The summed E-state index contributed by atoms with van der Waals surface area (Å²) in [5, 5.41) is 9.88. The van der Waals surface area contributed by atoms with Gasteiger partial charge in [0.05, 0.1) is 11.9 Å². The number of hydrogen-bond acceptors (Lipinski definition) is 2. The average molecular weight is 228 g/mol. The van der Waals surface area contributed by atoms with E-state index < -0.39 is 6.10 Å². The van der Waals surface area contributed by atoms with Crippen molar-refractivity contribution >= 4 is 0 Å². The number of aliphatic hydroxyl groups excluding tert-OH is 1. The van der Waals surface area contributed by atoms with Gasteiger partial charge in [-0.1, -0.05) is 29.8 Å². The number of rotatable bonds is 1. The first kappa shape index (κ1) is 10.5. The predicted molar refractivity (Wildman–Crippen MR) is 66.6 cm³/mol. The second kappa shape index (κ2) is 4.00. The van der Waals surface area contributed by atoms with Gasteiger partial charge in [0.25, 0.3) is 0 Å². The fourth-order valence-electron chi connectivity index (χ4n) is 2.42. The molecule has 0 fully saturated rings. The van der Waals surface area contributed by atoms with Crippen LogP contribution < -0.4 is 0 Å². The van der Waals surface area contributed by atoms with Crippen LogP contribution in [0.5, 0.6) is 0 Å². The maximum absolute atomic E-state index is 9.88. The van der Waals surface area contributed by atoms with Crippen molar-refractivity contribution in [3.8, 4) is 11.3 Å². The Morgan fingerprint density at radius 2 is 2.06 bits per heavy atom. The average Bonchev–Trinajstić information content (AvgIpc) is 2.75. The minimum absolute atomic E-state index is 0.400. The maximum Gasteiger partial charge on any atom is 0.138 e. The predicted octanol–water partition coefficient (Wildman–Crippen LogP) is 2.69. The SMILES string of the molecule is Cc1ccc(-c2cnc3n2CCCC3O)cc1. The summed E-state index contributed by atoms with van der Waals surface area (Å²) in [4.78, 5) is 4.35. The lowest BCUT2D eigenvalue weighted by Crippen LogP contribution is -2.16. The molecule has 2 heterocycles. The van der Waals surface area contributed by atoms with Crippen molar-refractivity contribution in [2.75, 3.05) is 0 Å². The van der Waals surface area contributed by atoms with Gasteiger partial charge in [-0.2, -0.15) is 0 Å². The number of benzene rings is 1. The third-order valence-electron chi connectivity index (χ3n) is 3.39. The second-order valence-corrected chi connectivity index (χ2v) is 4.68. The Morgan fingerprint density at radius 1 is 1.29 bits per heavy atom. The van der Waals surface area contributed by atoms with Crippen LogP contribution in [0, 0.1) is 6.92 Å². The zero-order valence-corrected chi connectivity index (χ0v) is 9.93. The summed E-state index contributed by atoms with van der Waals surface area (Å²) < 4.78 is 2.14. The molecule has 0 aliphatic carbocycles. The lowest BCUT2D eigenvalue weighted by atomic mass is 10.1. The van der Waals surface area contributed by atoms with E-state index in [2.05, 4.69) is 40.7 Å². The van der Waals surface area contributed by atoms with Crippen molar-refractivity contribution in [2.45, 2.75) is 32.4 Å². The van der Waals surface area contributed by atoms with Crippen LogP contribution in [0.3, 0.4) is 0 Å². The van der Waals surface area contributed by atoms with Gasteiger partial charge in [0.1, 0.15) is 11.9 Å². The molecule has 1 aromatic carbocycles. The highest BCUT2D eigenvalue weighted by Crippen LogP contribution is 2.29. The van der Waals surface area contributed by atoms with Gasteiger partial charge in [0, 0.05) is 6.54 Å². The van der Waals surface area contributed by atoms with Gasteiger partial charge in [-0.15, -0.1) is 0 Å². The van der Waals surface area contributed by atoms with Gasteiger partial charge < -0.3 is 9.67 Å². The van der Waals surface area contributed by atoms with Crippen molar-refractivity contribution in [3.63, 3.8) is 0 Å². The van der Waals surface area contributed by atoms with Crippen LogP contribution in [0.2, 0.25) is 0 Å². The standard InChI is InChI=1S/C14H16N2O/c1-10-4-6-11(7-5-10)12-9-15-14-13(17)3-2-8-16(12)14/h4-7,9,13,17H,2-3,8H2,1H3. The fraction of sp³-hybridized carbons (Fsp3) is 0.357. The van der Waals surface area contributed by atoms with Gasteiger partial charge in [-0.05, 0) is 25.3 Å². The number of hydrogen-bond donors (Lipinski definition) is 1. The van der Waals surface area contributed by atoms with Crippen LogP contribution in [0.25, 0.3) is 11.3 Å². The highest BCUT2D eigenvalue weighted by molar-refractivity contribution is 5.60. The Bertz CT molecular complexity index is 528. The summed E-state index contributed by atoms with van der Waals surface area (Å²) in [5.74, 6) is 0.812. The summed E-state index contributed by atoms with van der Waals surface area (Å²) in [5.41, 5.74) is 3.54. The molecule has 17 heavy (non-hydrogen) atoms. The van der Waals surface area contributed by atoms with Crippen molar-refractivity contribution in [1.82, 2.24) is 9.55 Å². The smallest absolute Gasteiger partial charge is 0.138 e. The molecule has 1 aromatic heterocycles. The number of aryl methyl sites for hydroxylation is 1. The van der Waals surface area contributed by atoms with Gasteiger partial charge in [-0.25, -0.2) is 4.98 Å². The molecule has 1 unspecified atom stereocenters. The fourth-order valence-corrected chi connectivity index (χ4v) is 2.42. The summed E-state index contributed by atoms with van der Waals surface area (Å²) >= 11 is 0. The van der Waals surface area contributed by atoms with E-state index in [0.717, 1.165) is 30.9 Å². The number of nitrogens with zero attached hydrogens (tertiary/aromatic N) is 2. The van der Waals surface area contributed by atoms with Gasteiger partial charge in [0.2, 0.25) is 0 Å². The van der Waals surface area contributed by atoms with E-state index in [-0.39, 0.29) is 0 Å². The molecular weight excluding hydrogens is 212 g/mol. The molecule has 0 amide bonds. The summed E-state index contributed by atoms with van der Waals surface area (Å²) in [6.45, 7) is 3.04. The van der Waals surface area contributed by atoms with E-state index in [9.17, 15) is 5.11 Å². The molecular formula is C14H16N2O. The van der Waals surface area contributed by atoms with Crippen molar-refractivity contribution < 1.29 is 5.11 Å². The Morgan fingerprint density at radius 3 is 2.82 bits per heavy atom. The van der Waals surface area contributed by atoms with E-state index in [1.165, 1.54) is 11.1 Å². The van der Waals surface area contributed by atoms with Crippen LogP contribution in [-0.4, -0.2) is 14.7 Å². The van der Waals surface area contributed by atoms with Crippen molar-refractivity contribution in [3.05, 3.63) is 41.9 Å². The number of fused-ring (bicyclic) bond motifs is 1. The lowest BCUT2D eigenvalue weighted by Gasteiger charge is -2.20. The molecule has 0 bridgehead atoms. The summed E-state index contributed by atoms with van der Waals surface area (Å²) in [6.07, 6.45) is 3.31. The zero-order valence-electron chi connectivity index (χ0n) is 9.93. The Hall–Kier alpha value is -1.61. The highest BCUT2D eigenvalue weighted by atomic mass is 16.3. The molecule has 0 spiro atoms. The molecule has 3 heteroatoms. The third kappa shape index (κ3) is 1.76. The minimum Gasteiger partial charge on any atom is -0.385 e. The third-order valence-corrected chi connectivity index (χ3v) is 3.39. The van der Waals surface area contributed by atoms with Crippen LogP contribution in [0.4, 0.5) is 0 Å². The van der Waals surface area contributed by atoms with Crippen LogP contribution >= 0.6 is 0 Å². The number of imidazole rings is 1. The molecule has 0 saturated carbocycles. The molecule has 88 valence electrons. The van der Waals surface area contributed by atoms with Gasteiger partial charge >= 0.3 is 0 Å². The van der Waals surface area contributed by atoms with E-state index in [4.69, 9.17) is 0 Å². The van der Waals surface area contributed by atoms with Gasteiger partial charge in [0.15, 0.2) is 0 Å². The minimum atomic E-state index is -0.400. The van der Waals surface area contributed by atoms with Crippen molar-refractivity contribution in [2.24, 2.45) is 0 Å². The Balaban J connectivity index is 2.07. The molecule has 1 atom stereocenters. The first-order chi connectivity index (χ1) is 8.25. The largest absolute Gasteiger partial charge is 0.385 e. The first-order valence-electron chi connectivity index (χ1n) is 6.06. The highest BCUT2D eigenvalue weighted by Gasteiger charge is 2.22. The summed E-state index contributed by atoms with van der Waals surface area (Å²) in [7, 11) is 0. The zero-order chi connectivity index (χ0) is 11.8. The topological polar surface area (TPSA) is 38.0 Å². The van der Waals surface area contributed by atoms with E-state index >= 15 is 0 Å². The summed E-state index contributed by atoms with van der Waals surface area (Å²) in [6, 6.07) is 8.43. The van der Waals surface area contributed by atoms with E-state index in [0.29, 0.717) is 0 Å². The molecule has 0 saturated heterocycles. The van der Waals surface area contributed by atoms with E-state index in [1.54, 1.807) is 0 Å². The monoisotopic (exact) mass is 228 g/mol. The maximum atomic E-state index is 9.88. The molecule has 3 nitrogen and oxygen atoms in total. The second-order valence-electron chi connectivity index (χ2n) is 4.68. The number of aromatic nitrogens is 2. The van der Waals surface area contributed by atoms with Crippen LogP contribution in [-0.2, 0) is 6.54 Å². The van der Waals surface area contributed by atoms with Crippen LogP contribution in [0.1, 0.15) is 30.3 Å². The van der Waals surface area contributed by atoms with E-state index in [1.807, 2.05) is 6.20 Å². The molecule has 2 aromatic rings. The molecule has 1 aliphatic heterocycles. The lowest BCUT2D eigenvalue weighted by molar-refractivity contribution is 0.134. The quantitative estimate of drug-likeness (QED) is 0.815. The van der Waals surface area contributed by atoms with Crippen LogP contribution in [0.15, 0.2) is 30.5 Å². The molecule has 3 rings (SSSR count). The normalized spacial score (nSPS) is 19.1. The number of aliphatic hydroxyl groups is 1. The van der Waals surface area contributed by atoms with Crippen molar-refractivity contribution in [1.29, 1.82) is 0 Å². The van der Waals surface area contributed by atoms with Gasteiger partial charge in [-0.3, -0.25) is 0 Å². The molecule has 0 radical (unpaired) electrons. The molecule has 1 N–H and O–H groups in total. The first-order valence-corrected chi connectivity index (χ1v) is 6.06.